The third-order valence-corrected chi connectivity index (χ3v) is 7.24. The number of allylic oxidation sites excluding steroid dienone is 2. The van der Waals surface area contributed by atoms with Crippen molar-refractivity contribution >= 4 is 18.2 Å². The molecule has 2 aliphatic carbocycles. The lowest BCUT2D eigenvalue weighted by atomic mass is 9.46. The number of rotatable bonds is 7. The lowest BCUT2D eigenvalue weighted by Gasteiger charge is -2.59. The average Bonchev–Trinajstić information content (AvgIpc) is 2.57. The van der Waals surface area contributed by atoms with Gasteiger partial charge in [0.15, 0.2) is 0 Å². The quantitative estimate of drug-likeness (QED) is 0.390. The fourth-order valence-corrected chi connectivity index (χ4v) is 5.76. The van der Waals surface area contributed by atoms with E-state index in [4.69, 9.17) is 9.84 Å². The number of carboxylic acids is 1. The number of carboxylic acid groups (broad SMARTS) is 1. The average molecular weight is 395 g/mol. The number of esters is 1. The first-order valence-electron chi connectivity index (χ1n) is 10.2. The van der Waals surface area contributed by atoms with Crippen LogP contribution in [0.2, 0.25) is 0 Å². The van der Waals surface area contributed by atoms with Crippen LogP contribution in [-0.4, -0.2) is 40.6 Å². The Hall–Kier alpha value is -1.69. The molecular weight excluding hydrogens is 360 g/mol. The summed E-state index contributed by atoms with van der Waals surface area (Å²) in [7, 11) is 0. The highest BCUT2D eigenvalue weighted by molar-refractivity contribution is 5.67. The van der Waals surface area contributed by atoms with E-state index in [0.29, 0.717) is 12.8 Å². The van der Waals surface area contributed by atoms with E-state index in [-0.39, 0.29) is 29.6 Å². The highest BCUT2D eigenvalue weighted by Gasteiger charge is 2.61. The maximum absolute atomic E-state index is 12.1. The topological polar surface area (TPSA) is 101 Å². The largest absolute Gasteiger partial charge is 0.481 e. The summed E-state index contributed by atoms with van der Waals surface area (Å²) in [5, 5.41) is 19.9. The number of hydrogen-bond acceptors (Lipinski definition) is 5. The van der Waals surface area contributed by atoms with Gasteiger partial charge in [-0.25, -0.2) is 0 Å². The van der Waals surface area contributed by atoms with Crippen LogP contribution in [0.1, 0.15) is 66.7 Å². The molecule has 1 saturated carbocycles. The summed E-state index contributed by atoms with van der Waals surface area (Å²) in [5.74, 6) is -1.12. The molecule has 0 bridgehead atoms. The number of aliphatic carboxylic acids is 1. The summed E-state index contributed by atoms with van der Waals surface area (Å²) < 4.78 is 5.43. The van der Waals surface area contributed by atoms with E-state index in [1.165, 1.54) is 12.5 Å². The molecule has 0 heterocycles. The van der Waals surface area contributed by atoms with Crippen LogP contribution in [-0.2, 0) is 19.1 Å². The minimum Gasteiger partial charge on any atom is -0.481 e. The van der Waals surface area contributed by atoms with Gasteiger partial charge in [0.1, 0.15) is 18.5 Å². The number of hydrogen-bond donors (Lipinski definition) is 2. The molecule has 7 unspecified atom stereocenters. The maximum Gasteiger partial charge on any atom is 0.303 e. The summed E-state index contributed by atoms with van der Waals surface area (Å²) in [4.78, 5) is 34.7. The van der Waals surface area contributed by atoms with Gasteiger partial charge in [-0.1, -0.05) is 25.5 Å². The maximum atomic E-state index is 12.1. The second-order valence-electron chi connectivity index (χ2n) is 9.36. The highest BCUT2D eigenvalue weighted by Crippen LogP contribution is 2.60. The van der Waals surface area contributed by atoms with Gasteiger partial charge in [0.2, 0.25) is 0 Å². The molecular formula is C22H34O6. The summed E-state index contributed by atoms with van der Waals surface area (Å²) in [6.45, 7) is 9.24. The Morgan fingerprint density at radius 2 is 2.04 bits per heavy atom. The summed E-state index contributed by atoms with van der Waals surface area (Å²) in [5.41, 5.74) is -0.0982. The first-order chi connectivity index (χ1) is 13.0. The van der Waals surface area contributed by atoms with Crippen LogP contribution in [0, 0.1) is 28.6 Å². The number of ether oxygens (including phenoxy) is 1. The molecule has 0 aromatic rings. The zero-order valence-corrected chi connectivity index (χ0v) is 17.6. The molecule has 1 fully saturated rings. The van der Waals surface area contributed by atoms with Crippen molar-refractivity contribution in [3.63, 3.8) is 0 Å². The third-order valence-electron chi connectivity index (χ3n) is 7.24. The van der Waals surface area contributed by atoms with Crippen molar-refractivity contribution in [3.8, 4) is 0 Å². The molecule has 0 aromatic carbocycles. The van der Waals surface area contributed by atoms with Gasteiger partial charge in [0.25, 0.3) is 0 Å². The number of carbonyl (C=O) groups is 3. The van der Waals surface area contributed by atoms with Crippen LogP contribution >= 0.6 is 0 Å². The van der Waals surface area contributed by atoms with Crippen LogP contribution in [0.3, 0.4) is 0 Å². The van der Waals surface area contributed by atoms with Gasteiger partial charge in [-0.2, -0.15) is 0 Å². The molecule has 0 aromatic heterocycles. The fourth-order valence-electron chi connectivity index (χ4n) is 5.76. The number of aldehydes is 1. The molecule has 0 saturated heterocycles. The second-order valence-corrected chi connectivity index (χ2v) is 9.36. The Balaban J connectivity index is 2.35. The lowest BCUT2D eigenvalue weighted by molar-refractivity contribution is -0.197. The monoisotopic (exact) mass is 394 g/mol. The van der Waals surface area contributed by atoms with Gasteiger partial charge in [-0.3, -0.25) is 9.59 Å². The van der Waals surface area contributed by atoms with E-state index in [1.54, 1.807) is 6.92 Å². The molecule has 2 N–H and O–H groups in total. The van der Waals surface area contributed by atoms with Gasteiger partial charge in [-0.05, 0) is 62.7 Å². The van der Waals surface area contributed by atoms with Crippen LogP contribution in [0.5, 0.6) is 0 Å². The molecule has 0 spiro atoms. The highest BCUT2D eigenvalue weighted by atomic mass is 16.6. The number of fused-ring (bicyclic) bond motifs is 1. The summed E-state index contributed by atoms with van der Waals surface area (Å²) in [6.07, 6.45) is 4.12. The van der Waals surface area contributed by atoms with Crippen LogP contribution in [0.15, 0.2) is 11.6 Å². The van der Waals surface area contributed by atoms with E-state index in [1.807, 2.05) is 6.92 Å². The minimum absolute atomic E-state index is 0.0604. The van der Waals surface area contributed by atoms with Crippen molar-refractivity contribution in [1.82, 2.24) is 0 Å². The van der Waals surface area contributed by atoms with Crippen LogP contribution < -0.4 is 0 Å². The molecule has 0 aliphatic heterocycles. The first-order valence-corrected chi connectivity index (χ1v) is 10.2. The van der Waals surface area contributed by atoms with E-state index in [2.05, 4.69) is 19.9 Å². The smallest absolute Gasteiger partial charge is 0.303 e. The Morgan fingerprint density at radius 3 is 2.57 bits per heavy atom. The van der Waals surface area contributed by atoms with Crippen molar-refractivity contribution in [2.45, 2.75) is 78.9 Å². The molecule has 2 aliphatic rings. The van der Waals surface area contributed by atoms with Crippen molar-refractivity contribution in [1.29, 1.82) is 0 Å². The number of carbonyl (C=O) groups excluding carboxylic acids is 2. The second kappa shape index (κ2) is 8.36. The minimum atomic E-state index is -1.04. The standard InChI is InChI=1S/C22H34O6/c1-13(10-19(25)26)6-8-16-14(2)7-9-18-21(16,4)11-17(28-15(3)24)20(27)22(18,5)12-23/h7,12-13,16-18,20,27H,6,8-11H2,1-5H3,(H,25,26). The Labute approximate surface area is 167 Å². The summed E-state index contributed by atoms with van der Waals surface area (Å²) >= 11 is 0. The molecule has 0 amide bonds. The first kappa shape index (κ1) is 22.6. The zero-order chi connectivity index (χ0) is 21.3. The van der Waals surface area contributed by atoms with Crippen LogP contribution in [0.25, 0.3) is 0 Å². The molecule has 6 heteroatoms. The Kier molecular flexibility index (Phi) is 6.74. The molecule has 2 rings (SSSR count). The van der Waals surface area contributed by atoms with Crippen molar-refractivity contribution in [3.05, 3.63) is 11.6 Å². The predicted molar refractivity (Wildman–Crippen MR) is 104 cm³/mol. The molecule has 6 nitrogen and oxygen atoms in total. The molecule has 28 heavy (non-hydrogen) atoms. The number of aliphatic hydroxyl groups excluding tert-OH is 1. The van der Waals surface area contributed by atoms with Gasteiger partial charge < -0.3 is 19.7 Å². The number of aliphatic hydroxyl groups is 1. The SMILES string of the molecule is CC(=O)OC1CC2(C)C(CCC(C)CC(=O)O)C(C)=CCC2C(C)(C=O)C1O. The van der Waals surface area contributed by atoms with Gasteiger partial charge in [-0.15, -0.1) is 0 Å². The molecule has 7 atom stereocenters. The third kappa shape index (κ3) is 4.17. The van der Waals surface area contributed by atoms with Gasteiger partial charge in [0.05, 0.1) is 5.41 Å². The van der Waals surface area contributed by atoms with Crippen molar-refractivity contribution < 1.29 is 29.3 Å². The Bertz CT molecular complexity index is 655. The van der Waals surface area contributed by atoms with E-state index >= 15 is 0 Å². The van der Waals surface area contributed by atoms with E-state index in [9.17, 15) is 19.5 Å². The summed E-state index contributed by atoms with van der Waals surface area (Å²) in [6, 6.07) is 0. The Morgan fingerprint density at radius 1 is 1.39 bits per heavy atom. The van der Waals surface area contributed by atoms with Crippen LogP contribution in [0.4, 0.5) is 0 Å². The van der Waals surface area contributed by atoms with Gasteiger partial charge >= 0.3 is 11.9 Å². The molecule has 0 radical (unpaired) electrons. The van der Waals surface area contributed by atoms with Crippen molar-refractivity contribution in [2.24, 2.45) is 28.6 Å². The predicted octanol–water partition coefficient (Wildman–Crippen LogP) is 3.37. The normalized spacial score (nSPS) is 38.7. The van der Waals surface area contributed by atoms with Gasteiger partial charge in [0, 0.05) is 13.3 Å². The van der Waals surface area contributed by atoms with Crippen molar-refractivity contribution in [2.75, 3.05) is 0 Å². The zero-order valence-electron chi connectivity index (χ0n) is 17.6. The van der Waals surface area contributed by atoms with E-state index in [0.717, 1.165) is 19.1 Å². The lowest BCUT2D eigenvalue weighted by Crippen LogP contribution is -2.62. The fraction of sp³-hybridized carbons (Fsp3) is 0.773. The molecule has 158 valence electrons. The van der Waals surface area contributed by atoms with E-state index < -0.39 is 29.6 Å².